The Morgan fingerprint density at radius 2 is 2.00 bits per heavy atom. The number of carboxylic acid groups (broad SMARTS) is 1. The molecule has 0 spiro atoms. The summed E-state index contributed by atoms with van der Waals surface area (Å²) in [5.74, 6) is -0.311. The number of carbonyl (C=O) groups is 1. The number of carboxylic acids is 1. The lowest BCUT2D eigenvalue weighted by Crippen LogP contribution is -2.12. The first kappa shape index (κ1) is 13.9. The average Bonchev–Trinajstić information content (AvgIpc) is 2.97. The Bertz CT molecular complexity index is 627. The number of benzene rings is 1. The molecule has 4 heteroatoms. The van der Waals surface area contributed by atoms with Gasteiger partial charge >= 0.3 is 5.97 Å². The molecule has 0 radical (unpaired) electrons. The molecule has 4 nitrogen and oxygen atoms in total. The van der Waals surface area contributed by atoms with Crippen molar-refractivity contribution in [1.29, 1.82) is 0 Å². The Morgan fingerprint density at radius 1 is 1.24 bits per heavy atom. The topological polar surface area (TPSA) is 55.1 Å². The van der Waals surface area contributed by atoms with Crippen molar-refractivity contribution in [3.05, 3.63) is 53.6 Å². The van der Waals surface area contributed by atoms with Gasteiger partial charge in [0.1, 0.15) is 5.69 Å². The zero-order valence-corrected chi connectivity index (χ0v) is 12.0. The van der Waals surface area contributed by atoms with E-state index in [0.29, 0.717) is 12.5 Å². The number of hydrogen-bond acceptors (Lipinski definition) is 2. The minimum atomic E-state index is -0.928. The lowest BCUT2D eigenvalue weighted by Gasteiger charge is -2.24. The Kier molecular flexibility index (Phi) is 4.04. The van der Waals surface area contributed by atoms with Crippen LogP contribution in [0.3, 0.4) is 0 Å². The van der Waals surface area contributed by atoms with E-state index in [1.807, 2.05) is 6.07 Å². The molecule has 1 aromatic heterocycles. The minimum absolute atomic E-state index is 0.244. The second-order valence-corrected chi connectivity index (χ2v) is 5.75. The van der Waals surface area contributed by atoms with Crippen LogP contribution in [0.2, 0.25) is 0 Å². The fraction of sp³-hybridized carbons (Fsp3) is 0.412. The highest BCUT2D eigenvalue weighted by Crippen LogP contribution is 2.34. The fourth-order valence-corrected chi connectivity index (χ4v) is 3.30. The van der Waals surface area contributed by atoms with E-state index in [1.165, 1.54) is 49.4 Å². The molecule has 1 fully saturated rings. The fourth-order valence-electron chi connectivity index (χ4n) is 3.30. The largest absolute Gasteiger partial charge is 0.477 e. The van der Waals surface area contributed by atoms with Crippen LogP contribution in [0.15, 0.2) is 36.8 Å². The van der Waals surface area contributed by atoms with Crippen LogP contribution in [0.1, 0.15) is 59.6 Å². The lowest BCUT2D eigenvalue weighted by molar-refractivity contribution is 0.0685. The molecular weight excluding hydrogens is 264 g/mol. The van der Waals surface area contributed by atoms with Crippen LogP contribution < -0.4 is 0 Å². The highest BCUT2D eigenvalue weighted by atomic mass is 16.4. The maximum atomic E-state index is 11.2. The van der Waals surface area contributed by atoms with Gasteiger partial charge in [0.15, 0.2) is 0 Å². The van der Waals surface area contributed by atoms with Gasteiger partial charge in [-0.25, -0.2) is 9.78 Å². The van der Waals surface area contributed by atoms with Crippen LogP contribution in [0.25, 0.3) is 0 Å². The molecule has 1 aromatic carbocycles. The van der Waals surface area contributed by atoms with Gasteiger partial charge in [-0.05, 0) is 29.9 Å². The summed E-state index contributed by atoms with van der Waals surface area (Å²) in [4.78, 5) is 15.2. The third kappa shape index (κ3) is 2.99. The number of imidazole rings is 1. The maximum absolute atomic E-state index is 11.2. The van der Waals surface area contributed by atoms with Gasteiger partial charge in [0.05, 0.1) is 12.5 Å². The molecule has 0 saturated heterocycles. The van der Waals surface area contributed by atoms with Gasteiger partial charge < -0.3 is 9.67 Å². The first-order chi connectivity index (χ1) is 10.3. The Balaban J connectivity index is 1.88. The summed E-state index contributed by atoms with van der Waals surface area (Å²) in [6.45, 7) is 0.578. The molecule has 1 aliphatic carbocycles. The quantitative estimate of drug-likeness (QED) is 0.931. The molecule has 0 aliphatic heterocycles. The van der Waals surface area contributed by atoms with Crippen molar-refractivity contribution in [3.63, 3.8) is 0 Å². The van der Waals surface area contributed by atoms with Crippen LogP contribution in [-0.4, -0.2) is 20.6 Å². The molecule has 21 heavy (non-hydrogen) atoms. The standard InChI is InChI=1S/C17H20N2O2/c20-17(21)16-10-18-12-19(16)11-14-8-4-5-9-15(14)13-6-2-1-3-7-13/h4-5,8-10,12-13H,1-3,6-7,11H2,(H,20,21). The zero-order chi connectivity index (χ0) is 14.7. The van der Waals surface area contributed by atoms with Gasteiger partial charge in [0.25, 0.3) is 0 Å². The van der Waals surface area contributed by atoms with Crippen molar-refractivity contribution >= 4 is 5.97 Å². The molecule has 1 aliphatic rings. The van der Waals surface area contributed by atoms with E-state index in [9.17, 15) is 9.90 Å². The van der Waals surface area contributed by atoms with Gasteiger partial charge in [0.2, 0.25) is 0 Å². The van der Waals surface area contributed by atoms with E-state index in [1.54, 1.807) is 10.9 Å². The minimum Gasteiger partial charge on any atom is -0.477 e. The summed E-state index contributed by atoms with van der Waals surface area (Å²) in [5, 5.41) is 9.19. The maximum Gasteiger partial charge on any atom is 0.354 e. The van der Waals surface area contributed by atoms with Crippen molar-refractivity contribution in [1.82, 2.24) is 9.55 Å². The average molecular weight is 284 g/mol. The second-order valence-electron chi connectivity index (χ2n) is 5.75. The van der Waals surface area contributed by atoms with Crippen LogP contribution in [-0.2, 0) is 6.54 Å². The van der Waals surface area contributed by atoms with Gasteiger partial charge in [-0.2, -0.15) is 0 Å². The van der Waals surface area contributed by atoms with Gasteiger partial charge in [-0.15, -0.1) is 0 Å². The summed E-state index contributed by atoms with van der Waals surface area (Å²) < 4.78 is 1.71. The van der Waals surface area contributed by atoms with Crippen molar-refractivity contribution < 1.29 is 9.90 Å². The lowest BCUT2D eigenvalue weighted by atomic mass is 9.82. The van der Waals surface area contributed by atoms with E-state index >= 15 is 0 Å². The first-order valence-electron chi connectivity index (χ1n) is 7.57. The van der Waals surface area contributed by atoms with Crippen molar-refractivity contribution in [2.24, 2.45) is 0 Å². The third-order valence-electron chi connectivity index (χ3n) is 4.37. The predicted octanol–water partition coefficient (Wildman–Crippen LogP) is 3.68. The molecule has 0 amide bonds. The molecule has 110 valence electrons. The SMILES string of the molecule is O=C(O)c1cncn1Cc1ccccc1C1CCCCC1. The summed E-state index contributed by atoms with van der Waals surface area (Å²) in [6.07, 6.45) is 9.42. The van der Waals surface area contributed by atoms with E-state index in [4.69, 9.17) is 0 Å². The van der Waals surface area contributed by atoms with Crippen molar-refractivity contribution in [2.45, 2.75) is 44.6 Å². The van der Waals surface area contributed by atoms with E-state index < -0.39 is 5.97 Å². The molecule has 0 atom stereocenters. The molecule has 2 aromatic rings. The monoisotopic (exact) mass is 284 g/mol. The number of aromatic carboxylic acids is 1. The smallest absolute Gasteiger partial charge is 0.354 e. The van der Waals surface area contributed by atoms with E-state index in [2.05, 4.69) is 23.2 Å². The van der Waals surface area contributed by atoms with Gasteiger partial charge in [0, 0.05) is 6.54 Å². The van der Waals surface area contributed by atoms with Gasteiger partial charge in [-0.1, -0.05) is 43.5 Å². The van der Waals surface area contributed by atoms with Crippen LogP contribution in [0.4, 0.5) is 0 Å². The highest BCUT2D eigenvalue weighted by molar-refractivity contribution is 5.85. The normalized spacial score (nSPS) is 16.0. The molecular formula is C17H20N2O2. The molecule has 1 heterocycles. The molecule has 3 rings (SSSR count). The number of hydrogen-bond donors (Lipinski definition) is 1. The molecule has 1 saturated carbocycles. The van der Waals surface area contributed by atoms with Crippen LogP contribution >= 0.6 is 0 Å². The third-order valence-corrected chi connectivity index (χ3v) is 4.37. The van der Waals surface area contributed by atoms with Crippen molar-refractivity contribution in [2.75, 3.05) is 0 Å². The number of rotatable bonds is 4. The summed E-state index contributed by atoms with van der Waals surface area (Å²) in [7, 11) is 0. The van der Waals surface area contributed by atoms with Crippen molar-refractivity contribution in [3.8, 4) is 0 Å². The Hall–Kier alpha value is -2.10. The number of aromatic nitrogens is 2. The summed E-state index contributed by atoms with van der Waals surface area (Å²) in [5.41, 5.74) is 2.83. The highest BCUT2D eigenvalue weighted by Gasteiger charge is 2.19. The molecule has 1 N–H and O–H groups in total. The zero-order valence-electron chi connectivity index (χ0n) is 12.0. The summed E-state index contributed by atoms with van der Waals surface area (Å²) in [6, 6.07) is 8.41. The van der Waals surface area contributed by atoms with E-state index in [-0.39, 0.29) is 5.69 Å². The van der Waals surface area contributed by atoms with Gasteiger partial charge in [-0.3, -0.25) is 0 Å². The Labute approximate surface area is 124 Å². The Morgan fingerprint density at radius 3 is 2.76 bits per heavy atom. The number of nitrogens with zero attached hydrogens (tertiary/aromatic N) is 2. The van der Waals surface area contributed by atoms with Crippen LogP contribution in [0, 0.1) is 0 Å². The molecule has 0 bridgehead atoms. The first-order valence-corrected chi connectivity index (χ1v) is 7.57. The molecule has 0 unspecified atom stereocenters. The predicted molar refractivity (Wildman–Crippen MR) is 80.6 cm³/mol. The summed E-state index contributed by atoms with van der Waals surface area (Å²) >= 11 is 0. The second kappa shape index (κ2) is 6.12. The van der Waals surface area contributed by atoms with Crippen LogP contribution in [0.5, 0.6) is 0 Å². The van der Waals surface area contributed by atoms with E-state index in [0.717, 1.165) is 0 Å².